The van der Waals surface area contributed by atoms with E-state index in [1.165, 1.54) is 4.68 Å². The van der Waals surface area contributed by atoms with Crippen molar-refractivity contribution in [3.8, 4) is 0 Å². The lowest BCUT2D eigenvalue weighted by molar-refractivity contribution is -0.122. The number of methoxy groups -OCH3 is 1. The van der Waals surface area contributed by atoms with Crippen LogP contribution in [0.25, 0.3) is 0 Å². The molecular formula is C16H28ClN5O3. The fourth-order valence-corrected chi connectivity index (χ4v) is 2.74. The summed E-state index contributed by atoms with van der Waals surface area (Å²) in [6.45, 7) is 3.16. The molecule has 0 unspecified atom stereocenters. The van der Waals surface area contributed by atoms with Gasteiger partial charge < -0.3 is 20.7 Å². The number of hydrogen-bond acceptors (Lipinski definition) is 5. The molecule has 2 rings (SSSR count). The number of carbonyl (C=O) groups is 2. The van der Waals surface area contributed by atoms with Crippen LogP contribution in [-0.2, 0) is 20.9 Å². The number of aromatic nitrogens is 2. The number of anilines is 1. The number of piperidine rings is 1. The normalized spacial score (nSPS) is 14.6. The summed E-state index contributed by atoms with van der Waals surface area (Å²) in [5.41, 5.74) is 0.620. The molecule has 1 aromatic heterocycles. The Morgan fingerprint density at radius 3 is 2.84 bits per heavy atom. The van der Waals surface area contributed by atoms with Gasteiger partial charge in [-0.3, -0.25) is 14.3 Å². The second-order valence-corrected chi connectivity index (χ2v) is 6.05. The first-order valence-electron chi connectivity index (χ1n) is 8.46. The fraction of sp³-hybridized carbons (Fsp3) is 0.688. The van der Waals surface area contributed by atoms with Crippen molar-refractivity contribution in [1.82, 2.24) is 20.4 Å². The van der Waals surface area contributed by atoms with E-state index in [-0.39, 0.29) is 30.8 Å². The highest BCUT2D eigenvalue weighted by molar-refractivity contribution is 5.90. The van der Waals surface area contributed by atoms with Crippen LogP contribution in [0.1, 0.15) is 25.7 Å². The summed E-state index contributed by atoms with van der Waals surface area (Å²) in [6, 6.07) is 0. The van der Waals surface area contributed by atoms with Crippen molar-refractivity contribution >= 4 is 29.9 Å². The summed E-state index contributed by atoms with van der Waals surface area (Å²) in [5, 5.41) is 13.0. The van der Waals surface area contributed by atoms with E-state index < -0.39 is 0 Å². The second-order valence-electron chi connectivity index (χ2n) is 6.05. The number of nitrogens with zero attached hydrogens (tertiary/aromatic N) is 2. The third-order valence-electron chi connectivity index (χ3n) is 4.09. The molecule has 0 aliphatic carbocycles. The number of halogens is 1. The monoisotopic (exact) mass is 373 g/mol. The molecule has 3 N–H and O–H groups in total. The van der Waals surface area contributed by atoms with Crippen molar-refractivity contribution < 1.29 is 14.3 Å². The van der Waals surface area contributed by atoms with Gasteiger partial charge in [-0.25, -0.2) is 0 Å². The van der Waals surface area contributed by atoms with Gasteiger partial charge in [-0.15, -0.1) is 12.4 Å². The summed E-state index contributed by atoms with van der Waals surface area (Å²) in [7, 11) is 1.58. The number of amides is 2. The maximum absolute atomic E-state index is 12.0. The van der Waals surface area contributed by atoms with Gasteiger partial charge in [-0.05, 0) is 38.3 Å². The molecule has 0 atom stereocenters. The molecule has 0 bridgehead atoms. The molecule has 1 aromatic rings. The molecule has 1 saturated heterocycles. The number of hydrogen-bond donors (Lipinski definition) is 3. The van der Waals surface area contributed by atoms with Crippen LogP contribution < -0.4 is 16.0 Å². The van der Waals surface area contributed by atoms with Crippen LogP contribution in [-0.4, -0.2) is 54.9 Å². The molecule has 2 amide bonds. The summed E-state index contributed by atoms with van der Waals surface area (Å²) >= 11 is 0. The van der Waals surface area contributed by atoms with Gasteiger partial charge in [0.15, 0.2) is 0 Å². The third-order valence-corrected chi connectivity index (χ3v) is 4.09. The molecule has 142 valence electrons. The third kappa shape index (κ3) is 8.33. The van der Waals surface area contributed by atoms with E-state index in [4.69, 9.17) is 4.74 Å². The maximum Gasteiger partial charge on any atom is 0.241 e. The van der Waals surface area contributed by atoms with E-state index in [0.717, 1.165) is 32.4 Å². The predicted molar refractivity (Wildman–Crippen MR) is 97.8 cm³/mol. The summed E-state index contributed by atoms with van der Waals surface area (Å²) in [6.07, 6.45) is 6.95. The topological polar surface area (TPSA) is 97.3 Å². The van der Waals surface area contributed by atoms with E-state index in [1.54, 1.807) is 19.5 Å². The van der Waals surface area contributed by atoms with Crippen molar-refractivity contribution in [2.45, 2.75) is 32.2 Å². The fourth-order valence-electron chi connectivity index (χ4n) is 2.74. The highest BCUT2D eigenvalue weighted by Crippen LogP contribution is 2.18. The first-order chi connectivity index (χ1) is 11.7. The van der Waals surface area contributed by atoms with Crippen LogP contribution in [0.15, 0.2) is 12.4 Å². The molecule has 1 aliphatic heterocycles. The zero-order chi connectivity index (χ0) is 17.2. The maximum atomic E-state index is 12.0. The lowest BCUT2D eigenvalue weighted by Crippen LogP contribution is -2.30. The van der Waals surface area contributed by atoms with Crippen molar-refractivity contribution in [3.63, 3.8) is 0 Å². The van der Waals surface area contributed by atoms with Gasteiger partial charge in [-0.2, -0.15) is 5.10 Å². The largest absolute Gasteiger partial charge is 0.383 e. The van der Waals surface area contributed by atoms with Crippen LogP contribution in [0.4, 0.5) is 5.69 Å². The van der Waals surface area contributed by atoms with Gasteiger partial charge in [0.2, 0.25) is 11.8 Å². The van der Waals surface area contributed by atoms with Crippen LogP contribution in [0.5, 0.6) is 0 Å². The number of nitrogens with one attached hydrogen (secondary N) is 3. The van der Waals surface area contributed by atoms with E-state index in [0.29, 0.717) is 31.2 Å². The highest BCUT2D eigenvalue weighted by atomic mass is 35.5. The lowest BCUT2D eigenvalue weighted by Gasteiger charge is -2.22. The minimum absolute atomic E-state index is 0. The van der Waals surface area contributed by atoms with E-state index in [9.17, 15) is 9.59 Å². The molecule has 2 heterocycles. The molecule has 9 heteroatoms. The predicted octanol–water partition coefficient (Wildman–Crippen LogP) is 0.786. The Bertz CT molecular complexity index is 532. The van der Waals surface area contributed by atoms with Gasteiger partial charge >= 0.3 is 0 Å². The van der Waals surface area contributed by atoms with E-state index in [2.05, 4.69) is 21.0 Å². The summed E-state index contributed by atoms with van der Waals surface area (Å²) < 4.78 is 6.37. The average Bonchev–Trinajstić information content (AvgIpc) is 3.01. The Morgan fingerprint density at radius 2 is 2.12 bits per heavy atom. The zero-order valence-corrected chi connectivity index (χ0v) is 15.4. The molecule has 8 nitrogen and oxygen atoms in total. The van der Waals surface area contributed by atoms with Gasteiger partial charge in [0.25, 0.3) is 0 Å². The van der Waals surface area contributed by atoms with Gasteiger partial charge in [0.05, 0.1) is 18.5 Å². The Kier molecular flexibility index (Phi) is 10.1. The summed E-state index contributed by atoms with van der Waals surface area (Å²) in [4.78, 5) is 23.7. The van der Waals surface area contributed by atoms with Crippen molar-refractivity contribution in [2.24, 2.45) is 5.92 Å². The minimum Gasteiger partial charge on any atom is -0.383 e. The first-order valence-corrected chi connectivity index (χ1v) is 8.46. The summed E-state index contributed by atoms with van der Waals surface area (Å²) in [5.74, 6) is 0.493. The van der Waals surface area contributed by atoms with Gasteiger partial charge in [0.1, 0.15) is 6.54 Å². The Balaban J connectivity index is 0.00000312. The van der Waals surface area contributed by atoms with Crippen LogP contribution >= 0.6 is 12.4 Å². The molecule has 0 aromatic carbocycles. The molecular weight excluding hydrogens is 346 g/mol. The van der Waals surface area contributed by atoms with Crippen LogP contribution in [0, 0.1) is 5.92 Å². The SMILES string of the molecule is COCCNC(=O)Cn1cc(NC(=O)CCC2CCNCC2)cn1.Cl. The van der Waals surface area contributed by atoms with Gasteiger partial charge in [0, 0.05) is 26.3 Å². The second kappa shape index (κ2) is 11.8. The Morgan fingerprint density at radius 1 is 1.36 bits per heavy atom. The van der Waals surface area contributed by atoms with E-state index in [1.807, 2.05) is 0 Å². The average molecular weight is 374 g/mol. The molecule has 1 aliphatic rings. The molecule has 0 saturated carbocycles. The zero-order valence-electron chi connectivity index (χ0n) is 14.6. The van der Waals surface area contributed by atoms with Crippen molar-refractivity contribution in [1.29, 1.82) is 0 Å². The number of rotatable bonds is 9. The van der Waals surface area contributed by atoms with Gasteiger partial charge in [-0.1, -0.05) is 0 Å². The van der Waals surface area contributed by atoms with Crippen LogP contribution in [0.2, 0.25) is 0 Å². The number of ether oxygens (including phenoxy) is 1. The minimum atomic E-state index is -0.140. The smallest absolute Gasteiger partial charge is 0.241 e. The van der Waals surface area contributed by atoms with Crippen molar-refractivity contribution in [2.75, 3.05) is 38.7 Å². The van der Waals surface area contributed by atoms with Crippen molar-refractivity contribution in [3.05, 3.63) is 12.4 Å². The number of carbonyl (C=O) groups excluding carboxylic acids is 2. The molecule has 0 radical (unpaired) electrons. The Labute approximate surface area is 154 Å². The highest BCUT2D eigenvalue weighted by Gasteiger charge is 2.15. The Hall–Kier alpha value is -1.64. The standard InChI is InChI=1S/C16H27N5O3.ClH/c1-24-9-8-18-16(23)12-21-11-14(10-19-21)20-15(22)3-2-13-4-6-17-7-5-13;/h10-11,13,17H,2-9,12H2,1H3,(H,18,23)(H,20,22);1H. The van der Waals surface area contributed by atoms with E-state index >= 15 is 0 Å². The molecule has 1 fully saturated rings. The molecule has 0 spiro atoms. The van der Waals surface area contributed by atoms with Crippen LogP contribution in [0.3, 0.4) is 0 Å². The molecule has 25 heavy (non-hydrogen) atoms. The lowest BCUT2D eigenvalue weighted by atomic mass is 9.93. The quantitative estimate of drug-likeness (QED) is 0.556. The first kappa shape index (κ1) is 21.4.